The van der Waals surface area contributed by atoms with Crippen molar-refractivity contribution in [3.8, 4) is 0 Å². The first-order chi connectivity index (χ1) is 14.3. The van der Waals surface area contributed by atoms with Gasteiger partial charge in [0.15, 0.2) is 0 Å². The summed E-state index contributed by atoms with van der Waals surface area (Å²) in [6.07, 6.45) is 13.3. The number of hydrogen-bond donors (Lipinski definition) is 0. The lowest BCUT2D eigenvalue weighted by Gasteiger charge is -2.53. The zero-order valence-electron chi connectivity index (χ0n) is 17.2. The van der Waals surface area contributed by atoms with Gasteiger partial charge in [-0.2, -0.15) is 0 Å². The van der Waals surface area contributed by atoms with Gasteiger partial charge < -0.3 is 0 Å². The number of benzene rings is 2. The van der Waals surface area contributed by atoms with E-state index in [2.05, 4.69) is 46.2 Å². The Morgan fingerprint density at radius 1 is 0.552 bits per heavy atom. The molecule has 2 fully saturated rings. The second-order valence-electron chi connectivity index (χ2n) is 10.8. The smallest absolute Gasteiger partial charge is 0.0830 e. The van der Waals surface area contributed by atoms with Crippen LogP contribution in [0, 0.1) is 0 Å². The number of rotatable bonds is 0. The zero-order valence-corrected chi connectivity index (χ0v) is 17.2. The van der Waals surface area contributed by atoms with E-state index in [1.165, 1.54) is 64.2 Å². The average molecular weight is 383 g/mol. The predicted octanol–water partition coefficient (Wildman–Crippen LogP) is 4.06. The summed E-state index contributed by atoms with van der Waals surface area (Å²) in [5, 5.41) is 0. The van der Waals surface area contributed by atoms with Crippen molar-refractivity contribution in [3.05, 3.63) is 69.8 Å². The van der Waals surface area contributed by atoms with E-state index in [1.54, 1.807) is 33.4 Å². The van der Waals surface area contributed by atoms with Crippen LogP contribution in [0.2, 0.25) is 0 Å². The van der Waals surface area contributed by atoms with Gasteiger partial charge in [-0.25, -0.2) is 0 Å². The molecule has 6 aliphatic rings. The van der Waals surface area contributed by atoms with Gasteiger partial charge in [-0.1, -0.05) is 36.4 Å². The fourth-order valence-electron chi connectivity index (χ4n) is 8.82. The van der Waals surface area contributed by atoms with Gasteiger partial charge >= 0.3 is 0 Å². The zero-order chi connectivity index (χ0) is 18.7. The molecule has 4 atom stereocenters. The summed E-state index contributed by atoms with van der Waals surface area (Å²) < 4.78 is 0. The minimum atomic E-state index is 0.230. The van der Waals surface area contributed by atoms with Crippen LogP contribution >= 0.6 is 0 Å². The molecular formula is C27H30N2. The Morgan fingerprint density at radius 2 is 0.897 bits per heavy atom. The van der Waals surface area contributed by atoms with E-state index < -0.39 is 0 Å². The normalized spacial score (nSPS) is 38.9. The van der Waals surface area contributed by atoms with Crippen LogP contribution in [-0.2, 0) is 38.5 Å². The van der Waals surface area contributed by atoms with Gasteiger partial charge in [0.2, 0.25) is 0 Å². The first-order valence-electron chi connectivity index (χ1n) is 12.1. The monoisotopic (exact) mass is 382 g/mol. The third-order valence-electron chi connectivity index (χ3n) is 9.68. The Bertz CT molecular complexity index is 891. The van der Waals surface area contributed by atoms with Gasteiger partial charge in [0.25, 0.3) is 0 Å². The molecule has 8 rings (SSSR count). The van der Waals surface area contributed by atoms with Crippen LogP contribution in [0.25, 0.3) is 0 Å². The topological polar surface area (TPSA) is 6.48 Å². The molecule has 2 aromatic rings. The van der Waals surface area contributed by atoms with E-state index in [9.17, 15) is 0 Å². The molecular weight excluding hydrogens is 352 g/mol. The summed E-state index contributed by atoms with van der Waals surface area (Å²) in [4.78, 5) is 6.26. The summed E-state index contributed by atoms with van der Waals surface area (Å²) in [7, 11) is 0. The first kappa shape index (κ1) is 16.1. The Kier molecular flexibility index (Phi) is 2.96. The van der Waals surface area contributed by atoms with Gasteiger partial charge in [-0.3, -0.25) is 9.80 Å². The molecule has 4 unspecified atom stereocenters. The predicted molar refractivity (Wildman–Crippen MR) is 115 cm³/mol. The van der Waals surface area contributed by atoms with Crippen molar-refractivity contribution in [2.24, 2.45) is 0 Å². The summed E-state index contributed by atoms with van der Waals surface area (Å²) in [6.45, 7) is 0. The summed E-state index contributed by atoms with van der Waals surface area (Å²) in [5.41, 5.74) is 10.5. The molecule has 6 aliphatic heterocycles. The van der Waals surface area contributed by atoms with E-state index in [0.717, 1.165) is 24.2 Å². The lowest BCUT2D eigenvalue weighted by molar-refractivity contribution is -0.101. The second-order valence-corrected chi connectivity index (χ2v) is 10.8. The molecule has 0 radical (unpaired) electrons. The quantitative estimate of drug-likeness (QED) is 0.678. The number of nitrogens with zero attached hydrogens (tertiary/aromatic N) is 2. The standard InChI is InChI=1S/C27H30N2/c1-3-17-11-21-7-9-23-13-19-5-2-6-20-14-24-10-8-22-12-18(4-1)25(17)15-27(28(21)23,29(22)24)16-26(19)20/h1-6,21-24H,7-16H2. The molecule has 1 spiro atoms. The summed E-state index contributed by atoms with van der Waals surface area (Å²) >= 11 is 0. The molecule has 0 N–H and O–H groups in total. The van der Waals surface area contributed by atoms with E-state index in [4.69, 9.17) is 0 Å². The molecule has 148 valence electrons. The SMILES string of the molecule is c1cc2c3c(c1)CC1CCC4Cc5cccc6c5CC(C3)(N3C(CCC3C6)C2)N14. The van der Waals surface area contributed by atoms with E-state index in [1.807, 2.05) is 0 Å². The van der Waals surface area contributed by atoms with E-state index in [-0.39, 0.29) is 5.66 Å². The van der Waals surface area contributed by atoms with Crippen molar-refractivity contribution >= 4 is 0 Å². The highest BCUT2D eigenvalue weighted by Crippen LogP contribution is 2.53. The molecule has 0 aromatic heterocycles. The lowest BCUT2D eigenvalue weighted by atomic mass is 9.87. The largest absolute Gasteiger partial charge is 0.278 e. The third-order valence-corrected chi connectivity index (χ3v) is 9.68. The number of hydrogen-bond acceptors (Lipinski definition) is 2. The molecule has 2 aromatic carbocycles. The Hall–Kier alpha value is -1.64. The van der Waals surface area contributed by atoms with Crippen molar-refractivity contribution in [1.82, 2.24) is 9.80 Å². The molecule has 0 amide bonds. The maximum Gasteiger partial charge on any atom is 0.0830 e. The van der Waals surface area contributed by atoms with Crippen molar-refractivity contribution in [1.29, 1.82) is 0 Å². The minimum absolute atomic E-state index is 0.230. The van der Waals surface area contributed by atoms with Gasteiger partial charge in [0.05, 0.1) is 5.66 Å². The average Bonchev–Trinajstić information content (AvgIpc) is 3.12. The van der Waals surface area contributed by atoms with E-state index in [0.29, 0.717) is 0 Å². The van der Waals surface area contributed by atoms with Crippen LogP contribution in [0.1, 0.15) is 59.1 Å². The van der Waals surface area contributed by atoms with Gasteiger partial charge in [0.1, 0.15) is 0 Å². The fraction of sp³-hybridized carbons (Fsp3) is 0.556. The van der Waals surface area contributed by atoms with Crippen molar-refractivity contribution in [3.63, 3.8) is 0 Å². The maximum absolute atomic E-state index is 3.13. The first-order valence-corrected chi connectivity index (χ1v) is 12.1. The van der Waals surface area contributed by atoms with E-state index >= 15 is 0 Å². The summed E-state index contributed by atoms with van der Waals surface area (Å²) in [5.74, 6) is 0. The molecule has 6 heterocycles. The second kappa shape index (κ2) is 5.34. The molecule has 0 saturated carbocycles. The highest BCUT2D eigenvalue weighted by atomic mass is 15.5. The molecule has 2 nitrogen and oxygen atoms in total. The molecule has 2 saturated heterocycles. The van der Waals surface area contributed by atoms with Crippen LogP contribution in [0.3, 0.4) is 0 Å². The molecule has 3 bridgehead atoms. The highest BCUT2D eigenvalue weighted by Gasteiger charge is 2.60. The Balaban J connectivity index is 1.47. The van der Waals surface area contributed by atoms with Gasteiger partial charge in [0, 0.05) is 37.0 Å². The van der Waals surface area contributed by atoms with Crippen molar-refractivity contribution in [2.45, 2.75) is 94.0 Å². The van der Waals surface area contributed by atoms with Gasteiger partial charge in [-0.15, -0.1) is 0 Å². The molecule has 2 heteroatoms. The minimum Gasteiger partial charge on any atom is -0.278 e. The summed E-state index contributed by atoms with van der Waals surface area (Å²) in [6, 6.07) is 17.6. The van der Waals surface area contributed by atoms with Crippen molar-refractivity contribution in [2.75, 3.05) is 0 Å². The van der Waals surface area contributed by atoms with Crippen LogP contribution < -0.4 is 0 Å². The van der Waals surface area contributed by atoms with Crippen LogP contribution in [0.5, 0.6) is 0 Å². The fourth-order valence-corrected chi connectivity index (χ4v) is 8.82. The van der Waals surface area contributed by atoms with Crippen LogP contribution in [0.4, 0.5) is 0 Å². The van der Waals surface area contributed by atoms with Crippen LogP contribution in [0.15, 0.2) is 36.4 Å². The maximum atomic E-state index is 3.13. The highest BCUT2D eigenvalue weighted by molar-refractivity contribution is 5.46. The Labute approximate surface area is 173 Å². The molecule has 29 heavy (non-hydrogen) atoms. The molecule has 0 aliphatic carbocycles. The third kappa shape index (κ3) is 1.92. The van der Waals surface area contributed by atoms with Crippen LogP contribution in [-0.4, -0.2) is 39.6 Å². The lowest BCUT2D eigenvalue weighted by Crippen LogP contribution is -2.67. The van der Waals surface area contributed by atoms with Gasteiger partial charge in [-0.05, 0) is 84.7 Å². The Morgan fingerprint density at radius 3 is 1.24 bits per heavy atom. The van der Waals surface area contributed by atoms with Crippen molar-refractivity contribution < 1.29 is 0 Å².